The van der Waals surface area contributed by atoms with Gasteiger partial charge in [-0.05, 0) is 38.1 Å². The van der Waals surface area contributed by atoms with Crippen molar-refractivity contribution in [3.8, 4) is 0 Å². The molecule has 8 nitrogen and oxygen atoms in total. The molecule has 3 aromatic rings. The largest absolute Gasteiger partial charge is 0.458 e. The molecule has 2 aromatic carbocycles. The summed E-state index contributed by atoms with van der Waals surface area (Å²) in [5, 5.41) is 11.2. The van der Waals surface area contributed by atoms with E-state index >= 15 is 0 Å². The molecule has 1 atom stereocenters. The summed E-state index contributed by atoms with van der Waals surface area (Å²) in [5.74, 6) is -1.49. The molecule has 32 heavy (non-hydrogen) atoms. The highest BCUT2D eigenvalue weighted by Gasteiger charge is 2.36. The highest BCUT2D eigenvalue weighted by molar-refractivity contribution is 7.13. The van der Waals surface area contributed by atoms with Crippen LogP contribution in [0.25, 0.3) is 0 Å². The SMILES string of the molecule is Cc1ccc(NC(=O)c2nnc(COC(=O)[C@H]3CC(=O)N(c4ccc(C)cc4)C3)s2)cc1. The van der Waals surface area contributed by atoms with Gasteiger partial charge in [-0.15, -0.1) is 10.2 Å². The third kappa shape index (κ3) is 5.00. The van der Waals surface area contributed by atoms with Crippen LogP contribution in [0, 0.1) is 19.8 Å². The van der Waals surface area contributed by atoms with Gasteiger partial charge in [0.05, 0.1) is 5.92 Å². The van der Waals surface area contributed by atoms with E-state index in [0.29, 0.717) is 10.7 Å². The summed E-state index contributed by atoms with van der Waals surface area (Å²) in [7, 11) is 0. The Morgan fingerprint density at radius 2 is 1.72 bits per heavy atom. The standard InChI is InChI=1S/C23H22N4O4S/c1-14-3-7-17(8-4-14)24-21(29)22-26-25-19(32-22)13-31-23(30)16-11-20(28)27(12-16)18-9-5-15(2)6-10-18/h3-10,16H,11-13H2,1-2H3,(H,24,29)/t16-/m0/s1. The van der Waals surface area contributed by atoms with Gasteiger partial charge in [0.2, 0.25) is 10.9 Å². The van der Waals surface area contributed by atoms with E-state index in [0.717, 1.165) is 28.2 Å². The van der Waals surface area contributed by atoms with Crippen LogP contribution in [0.3, 0.4) is 0 Å². The monoisotopic (exact) mass is 450 g/mol. The molecule has 0 bridgehead atoms. The lowest BCUT2D eigenvalue weighted by Gasteiger charge is -2.16. The Morgan fingerprint density at radius 1 is 1.06 bits per heavy atom. The number of benzene rings is 2. The molecule has 0 aliphatic carbocycles. The molecule has 164 valence electrons. The van der Waals surface area contributed by atoms with E-state index in [2.05, 4.69) is 15.5 Å². The van der Waals surface area contributed by atoms with Gasteiger partial charge in [0.15, 0.2) is 5.01 Å². The first-order valence-electron chi connectivity index (χ1n) is 10.1. The lowest BCUT2D eigenvalue weighted by molar-refractivity contribution is -0.149. The van der Waals surface area contributed by atoms with E-state index < -0.39 is 11.9 Å². The van der Waals surface area contributed by atoms with Crippen molar-refractivity contribution < 1.29 is 19.1 Å². The molecule has 1 aromatic heterocycles. The summed E-state index contributed by atoms with van der Waals surface area (Å²) in [6.45, 7) is 4.12. The van der Waals surface area contributed by atoms with Crippen LogP contribution < -0.4 is 10.2 Å². The fourth-order valence-corrected chi connectivity index (χ4v) is 3.96. The fourth-order valence-electron chi connectivity index (χ4n) is 3.32. The second-order valence-electron chi connectivity index (χ2n) is 7.67. The molecule has 2 amide bonds. The number of nitrogens with zero attached hydrogens (tertiary/aromatic N) is 3. The van der Waals surface area contributed by atoms with Crippen LogP contribution in [0.5, 0.6) is 0 Å². The second-order valence-corrected chi connectivity index (χ2v) is 8.73. The summed E-state index contributed by atoms with van der Waals surface area (Å²) in [6.07, 6.45) is 0.104. The van der Waals surface area contributed by atoms with E-state index in [4.69, 9.17) is 4.74 Å². The minimum Gasteiger partial charge on any atom is -0.458 e. The van der Waals surface area contributed by atoms with Gasteiger partial charge in [-0.2, -0.15) is 0 Å². The maximum Gasteiger partial charge on any atom is 0.311 e. The fraction of sp³-hybridized carbons (Fsp3) is 0.261. The molecule has 1 aliphatic heterocycles. The van der Waals surface area contributed by atoms with E-state index in [-0.39, 0.29) is 36.4 Å². The summed E-state index contributed by atoms with van der Waals surface area (Å²) < 4.78 is 5.35. The number of carbonyl (C=O) groups is 3. The third-order valence-electron chi connectivity index (χ3n) is 5.11. The Balaban J connectivity index is 1.30. The molecule has 1 fully saturated rings. The first-order chi connectivity index (χ1) is 15.4. The van der Waals surface area contributed by atoms with Gasteiger partial charge in [0.1, 0.15) is 6.61 Å². The van der Waals surface area contributed by atoms with Gasteiger partial charge in [0, 0.05) is 24.3 Å². The zero-order valence-electron chi connectivity index (χ0n) is 17.7. The number of aromatic nitrogens is 2. The second kappa shape index (κ2) is 9.27. The van der Waals surface area contributed by atoms with Crippen molar-refractivity contribution in [1.82, 2.24) is 10.2 Å². The number of ether oxygens (including phenoxy) is 1. The van der Waals surface area contributed by atoms with Crippen LogP contribution in [0.1, 0.15) is 32.4 Å². The topological polar surface area (TPSA) is 101 Å². The number of esters is 1. The minimum absolute atomic E-state index is 0.0937. The quantitative estimate of drug-likeness (QED) is 0.577. The van der Waals surface area contributed by atoms with Crippen molar-refractivity contribution in [2.45, 2.75) is 26.9 Å². The zero-order chi connectivity index (χ0) is 22.7. The zero-order valence-corrected chi connectivity index (χ0v) is 18.5. The van der Waals surface area contributed by atoms with Gasteiger partial charge in [-0.25, -0.2) is 0 Å². The lowest BCUT2D eigenvalue weighted by atomic mass is 10.1. The molecular weight excluding hydrogens is 428 g/mol. The molecule has 0 radical (unpaired) electrons. The number of rotatable bonds is 6. The van der Waals surface area contributed by atoms with E-state index in [1.165, 1.54) is 0 Å². The number of hydrogen-bond acceptors (Lipinski definition) is 7. The molecule has 0 spiro atoms. The average Bonchev–Trinajstić information content (AvgIpc) is 3.41. The van der Waals surface area contributed by atoms with Crippen LogP contribution >= 0.6 is 11.3 Å². The van der Waals surface area contributed by atoms with Crippen molar-refractivity contribution in [3.05, 3.63) is 69.7 Å². The Morgan fingerprint density at radius 3 is 2.41 bits per heavy atom. The predicted molar refractivity (Wildman–Crippen MR) is 120 cm³/mol. The van der Waals surface area contributed by atoms with Crippen molar-refractivity contribution in [3.63, 3.8) is 0 Å². The Kier molecular flexibility index (Phi) is 6.27. The van der Waals surface area contributed by atoms with Crippen molar-refractivity contribution in [2.24, 2.45) is 5.92 Å². The van der Waals surface area contributed by atoms with Gasteiger partial charge in [-0.1, -0.05) is 46.7 Å². The molecule has 4 rings (SSSR count). The Hall–Kier alpha value is -3.59. The van der Waals surface area contributed by atoms with Crippen molar-refractivity contribution in [2.75, 3.05) is 16.8 Å². The van der Waals surface area contributed by atoms with Gasteiger partial charge < -0.3 is 15.0 Å². The van der Waals surface area contributed by atoms with Crippen LogP contribution in [0.15, 0.2) is 48.5 Å². The summed E-state index contributed by atoms with van der Waals surface area (Å²) >= 11 is 1.06. The number of aryl methyl sites for hydroxylation is 2. The van der Waals surface area contributed by atoms with Gasteiger partial charge in [0.25, 0.3) is 5.91 Å². The maximum atomic E-state index is 12.5. The first-order valence-corrected chi connectivity index (χ1v) is 10.9. The van der Waals surface area contributed by atoms with E-state index in [1.807, 2.05) is 50.2 Å². The lowest BCUT2D eigenvalue weighted by Crippen LogP contribution is -2.26. The van der Waals surface area contributed by atoms with Crippen LogP contribution in [0.4, 0.5) is 11.4 Å². The number of carbonyl (C=O) groups excluding carboxylic acids is 3. The minimum atomic E-state index is -0.541. The normalized spacial score (nSPS) is 15.6. The molecule has 1 saturated heterocycles. The predicted octanol–water partition coefficient (Wildman–Crippen LogP) is 3.50. The highest BCUT2D eigenvalue weighted by Crippen LogP contribution is 2.26. The Labute approximate surface area is 189 Å². The van der Waals surface area contributed by atoms with Crippen molar-refractivity contribution in [1.29, 1.82) is 0 Å². The van der Waals surface area contributed by atoms with Crippen molar-refractivity contribution >= 4 is 40.5 Å². The van der Waals surface area contributed by atoms with Crippen LogP contribution in [0.2, 0.25) is 0 Å². The number of hydrogen-bond donors (Lipinski definition) is 1. The van der Waals surface area contributed by atoms with E-state index in [1.54, 1.807) is 17.0 Å². The molecule has 1 N–H and O–H groups in total. The molecule has 9 heteroatoms. The smallest absolute Gasteiger partial charge is 0.311 e. The molecular formula is C23H22N4O4S. The molecule has 0 unspecified atom stereocenters. The molecule has 2 heterocycles. The van der Waals surface area contributed by atoms with Crippen LogP contribution in [-0.4, -0.2) is 34.5 Å². The van der Waals surface area contributed by atoms with Gasteiger partial charge in [-0.3, -0.25) is 14.4 Å². The maximum absolute atomic E-state index is 12.5. The van der Waals surface area contributed by atoms with E-state index in [9.17, 15) is 14.4 Å². The molecule has 0 saturated carbocycles. The number of nitrogens with one attached hydrogen (secondary N) is 1. The Bertz CT molecular complexity index is 1140. The summed E-state index contributed by atoms with van der Waals surface area (Å²) in [5.41, 5.74) is 3.62. The van der Waals surface area contributed by atoms with Crippen LogP contribution in [-0.2, 0) is 20.9 Å². The first kappa shape index (κ1) is 21.6. The molecule has 1 aliphatic rings. The summed E-state index contributed by atoms with van der Waals surface area (Å²) in [6, 6.07) is 15.0. The summed E-state index contributed by atoms with van der Waals surface area (Å²) in [4.78, 5) is 38.8. The van der Waals surface area contributed by atoms with Gasteiger partial charge >= 0.3 is 5.97 Å². The number of amides is 2. The average molecular weight is 451 g/mol. The number of anilines is 2. The highest BCUT2D eigenvalue weighted by atomic mass is 32.1. The third-order valence-corrected chi connectivity index (χ3v) is 6.01.